The summed E-state index contributed by atoms with van der Waals surface area (Å²) >= 11 is 1.10. The summed E-state index contributed by atoms with van der Waals surface area (Å²) in [4.78, 5) is 38.9. The Bertz CT molecular complexity index is 1440. The van der Waals surface area contributed by atoms with Gasteiger partial charge in [-0.25, -0.2) is 9.18 Å². The summed E-state index contributed by atoms with van der Waals surface area (Å²) in [6.07, 6.45) is 0. The van der Waals surface area contributed by atoms with Crippen LogP contribution in [0.1, 0.15) is 38.9 Å². The molecule has 1 amide bonds. The lowest BCUT2D eigenvalue weighted by Gasteiger charge is -2.10. The zero-order chi connectivity index (χ0) is 23.7. The SMILES string of the molecule is CCOC(=O)c1nn(-c2cccc(F)c2)c(=O)c2c(NC(=O)c3cc(C)cc(C)c3)scc12. The minimum absolute atomic E-state index is 0.0973. The van der Waals surface area contributed by atoms with Gasteiger partial charge in [-0.1, -0.05) is 23.3 Å². The van der Waals surface area contributed by atoms with E-state index in [4.69, 9.17) is 4.74 Å². The molecular weight excluding hydrogens is 445 g/mol. The van der Waals surface area contributed by atoms with Gasteiger partial charge in [0.05, 0.1) is 17.7 Å². The molecule has 7 nitrogen and oxygen atoms in total. The van der Waals surface area contributed by atoms with Crippen molar-refractivity contribution in [3.05, 3.63) is 86.4 Å². The first-order chi connectivity index (χ1) is 15.8. The number of aryl methyl sites for hydroxylation is 2. The van der Waals surface area contributed by atoms with Crippen LogP contribution >= 0.6 is 11.3 Å². The molecule has 2 heterocycles. The molecule has 33 heavy (non-hydrogen) atoms. The quantitative estimate of drug-likeness (QED) is 0.434. The lowest BCUT2D eigenvalue weighted by molar-refractivity contribution is 0.0520. The summed E-state index contributed by atoms with van der Waals surface area (Å²) in [7, 11) is 0. The van der Waals surface area contributed by atoms with E-state index in [2.05, 4.69) is 10.4 Å². The Labute approximate surface area is 192 Å². The molecule has 0 unspecified atom stereocenters. The Morgan fingerprint density at radius 2 is 1.88 bits per heavy atom. The number of fused-ring (bicyclic) bond motifs is 1. The molecule has 4 aromatic rings. The van der Waals surface area contributed by atoms with Crippen LogP contribution in [0.15, 0.2) is 52.6 Å². The number of hydrogen-bond acceptors (Lipinski definition) is 6. The molecule has 0 aliphatic rings. The fourth-order valence-corrected chi connectivity index (χ4v) is 4.49. The van der Waals surface area contributed by atoms with Gasteiger partial charge in [-0.3, -0.25) is 9.59 Å². The van der Waals surface area contributed by atoms with E-state index in [0.29, 0.717) is 5.56 Å². The van der Waals surface area contributed by atoms with Crippen LogP contribution in [0, 0.1) is 19.7 Å². The van der Waals surface area contributed by atoms with Crippen LogP contribution in [0.3, 0.4) is 0 Å². The normalized spacial score (nSPS) is 10.9. The molecule has 168 valence electrons. The number of benzene rings is 2. The highest BCUT2D eigenvalue weighted by Crippen LogP contribution is 2.31. The van der Waals surface area contributed by atoms with Crippen molar-refractivity contribution in [3.63, 3.8) is 0 Å². The van der Waals surface area contributed by atoms with E-state index in [1.165, 1.54) is 18.2 Å². The average Bonchev–Trinajstić information content (AvgIpc) is 3.17. The van der Waals surface area contributed by atoms with Crippen molar-refractivity contribution in [2.24, 2.45) is 0 Å². The van der Waals surface area contributed by atoms with Crippen LogP contribution in [0.2, 0.25) is 0 Å². The standard InChI is InChI=1S/C24H20FN3O4S/c1-4-32-24(31)20-18-12-33-22(26-21(29)15-9-13(2)8-14(3)10-15)19(18)23(30)28(27-20)17-7-5-6-16(25)11-17/h5-12H,4H2,1-3H3,(H,26,29). The van der Waals surface area contributed by atoms with Gasteiger partial charge in [0.25, 0.3) is 11.5 Å². The summed E-state index contributed by atoms with van der Waals surface area (Å²) in [5, 5.41) is 9.13. The predicted molar refractivity (Wildman–Crippen MR) is 125 cm³/mol. The van der Waals surface area contributed by atoms with Crippen molar-refractivity contribution in [2.75, 3.05) is 11.9 Å². The highest BCUT2D eigenvalue weighted by atomic mass is 32.1. The maximum Gasteiger partial charge on any atom is 0.359 e. The number of nitrogens with one attached hydrogen (secondary N) is 1. The largest absolute Gasteiger partial charge is 0.461 e. The van der Waals surface area contributed by atoms with E-state index >= 15 is 0 Å². The van der Waals surface area contributed by atoms with Crippen LogP contribution in [0.25, 0.3) is 16.5 Å². The Kier molecular flexibility index (Phi) is 6.06. The van der Waals surface area contributed by atoms with E-state index in [9.17, 15) is 18.8 Å². The zero-order valence-electron chi connectivity index (χ0n) is 18.1. The van der Waals surface area contributed by atoms with Crippen LogP contribution < -0.4 is 10.9 Å². The van der Waals surface area contributed by atoms with Gasteiger partial charge in [0.2, 0.25) is 0 Å². The van der Waals surface area contributed by atoms with E-state index in [0.717, 1.165) is 33.2 Å². The average molecular weight is 466 g/mol. The highest BCUT2D eigenvalue weighted by molar-refractivity contribution is 7.16. The number of halogens is 1. The number of aromatic nitrogens is 2. The summed E-state index contributed by atoms with van der Waals surface area (Å²) in [5.74, 6) is -1.68. The summed E-state index contributed by atoms with van der Waals surface area (Å²) in [5.41, 5.74) is 1.75. The molecule has 0 atom stereocenters. The van der Waals surface area contributed by atoms with Crippen molar-refractivity contribution in [1.82, 2.24) is 9.78 Å². The number of nitrogens with zero attached hydrogens (tertiary/aromatic N) is 2. The molecule has 0 aliphatic heterocycles. The van der Waals surface area contributed by atoms with Gasteiger partial charge < -0.3 is 10.1 Å². The van der Waals surface area contributed by atoms with Crippen LogP contribution in [0.5, 0.6) is 0 Å². The Hall–Kier alpha value is -3.85. The van der Waals surface area contributed by atoms with Crippen LogP contribution in [-0.2, 0) is 4.74 Å². The van der Waals surface area contributed by atoms with E-state index < -0.39 is 23.3 Å². The first kappa shape index (κ1) is 22.3. The van der Waals surface area contributed by atoms with Crippen molar-refractivity contribution >= 4 is 39.0 Å². The number of thiophene rings is 1. The number of amides is 1. The topological polar surface area (TPSA) is 90.3 Å². The molecule has 4 rings (SSSR count). The summed E-state index contributed by atoms with van der Waals surface area (Å²) < 4.78 is 19.9. The van der Waals surface area contributed by atoms with E-state index in [1.54, 1.807) is 24.4 Å². The maximum absolute atomic E-state index is 13.8. The van der Waals surface area contributed by atoms with E-state index in [-0.39, 0.29) is 33.8 Å². The van der Waals surface area contributed by atoms with Crippen molar-refractivity contribution in [3.8, 4) is 5.69 Å². The van der Waals surface area contributed by atoms with Gasteiger partial charge in [0.15, 0.2) is 5.69 Å². The molecule has 2 aromatic heterocycles. The Morgan fingerprint density at radius 3 is 2.55 bits per heavy atom. The molecule has 0 saturated carbocycles. The second-order valence-electron chi connectivity index (χ2n) is 7.45. The maximum atomic E-state index is 13.8. The molecular formula is C24H20FN3O4S. The smallest absolute Gasteiger partial charge is 0.359 e. The molecule has 9 heteroatoms. The lowest BCUT2D eigenvalue weighted by Crippen LogP contribution is -2.25. The van der Waals surface area contributed by atoms with Gasteiger partial charge in [-0.05, 0) is 51.1 Å². The van der Waals surface area contributed by atoms with Gasteiger partial charge in [-0.2, -0.15) is 9.78 Å². The molecule has 0 aliphatic carbocycles. The number of rotatable bonds is 5. The van der Waals surface area contributed by atoms with Crippen LogP contribution in [-0.4, -0.2) is 28.3 Å². The molecule has 0 spiro atoms. The number of anilines is 1. The number of carbonyl (C=O) groups excluding carboxylic acids is 2. The fraction of sp³-hybridized carbons (Fsp3) is 0.167. The second kappa shape index (κ2) is 8.95. The van der Waals surface area contributed by atoms with Gasteiger partial charge in [0, 0.05) is 16.3 Å². The first-order valence-corrected chi connectivity index (χ1v) is 11.0. The molecule has 2 aromatic carbocycles. The summed E-state index contributed by atoms with van der Waals surface area (Å²) in [6.45, 7) is 5.54. The molecule has 0 fully saturated rings. The van der Waals surface area contributed by atoms with Crippen molar-refractivity contribution < 1.29 is 18.7 Å². The number of ether oxygens (including phenoxy) is 1. The Balaban J connectivity index is 1.89. The van der Waals surface area contributed by atoms with Crippen LogP contribution in [0.4, 0.5) is 9.39 Å². The predicted octanol–water partition coefficient (Wildman–Crippen LogP) is 4.63. The Morgan fingerprint density at radius 1 is 1.15 bits per heavy atom. The summed E-state index contributed by atoms with van der Waals surface area (Å²) in [6, 6.07) is 10.7. The highest BCUT2D eigenvalue weighted by Gasteiger charge is 2.23. The third-order valence-electron chi connectivity index (χ3n) is 4.88. The number of esters is 1. The van der Waals surface area contributed by atoms with Crippen molar-refractivity contribution in [1.29, 1.82) is 0 Å². The molecule has 1 N–H and O–H groups in total. The van der Waals surface area contributed by atoms with Gasteiger partial charge >= 0.3 is 5.97 Å². The minimum Gasteiger partial charge on any atom is -0.461 e. The lowest BCUT2D eigenvalue weighted by atomic mass is 10.1. The second-order valence-corrected chi connectivity index (χ2v) is 8.33. The van der Waals surface area contributed by atoms with Crippen molar-refractivity contribution in [2.45, 2.75) is 20.8 Å². The molecule has 0 bridgehead atoms. The molecule has 0 radical (unpaired) electrons. The first-order valence-electron chi connectivity index (χ1n) is 10.2. The molecule has 0 saturated heterocycles. The fourth-order valence-electron chi connectivity index (χ4n) is 3.56. The zero-order valence-corrected chi connectivity index (χ0v) is 19.0. The minimum atomic E-state index is -0.724. The third kappa shape index (κ3) is 4.40. The van der Waals surface area contributed by atoms with E-state index in [1.807, 2.05) is 19.9 Å². The third-order valence-corrected chi connectivity index (χ3v) is 5.78. The van der Waals surface area contributed by atoms with Gasteiger partial charge in [0.1, 0.15) is 10.8 Å². The monoisotopic (exact) mass is 465 g/mol. The van der Waals surface area contributed by atoms with Gasteiger partial charge in [-0.15, -0.1) is 11.3 Å². The number of hydrogen-bond donors (Lipinski definition) is 1. The number of carbonyl (C=O) groups is 2.